The van der Waals surface area contributed by atoms with E-state index in [1.54, 1.807) is 0 Å². The van der Waals surface area contributed by atoms with Gasteiger partial charge in [0, 0.05) is 6.92 Å². The summed E-state index contributed by atoms with van der Waals surface area (Å²) in [6.07, 6.45) is 0. The Morgan fingerprint density at radius 1 is 1.56 bits per heavy atom. The van der Waals surface area contributed by atoms with Gasteiger partial charge in [0.1, 0.15) is 5.76 Å². The first-order valence-corrected chi connectivity index (χ1v) is 2.36. The number of hydrogen-bond acceptors (Lipinski definition) is 3. The number of hydrogen-bond donors (Lipinski definition) is 1. The Kier molecular flexibility index (Phi) is 2.51. The molecule has 0 rings (SSSR count). The average Bonchev–Trinajstić information content (AvgIpc) is 1.63. The Balaban J connectivity index is 3.79. The van der Waals surface area contributed by atoms with Crippen molar-refractivity contribution in [2.45, 2.75) is 6.92 Å². The quantitative estimate of drug-likeness (QED) is 0.334. The normalized spacial score (nSPS) is 8.11. The van der Waals surface area contributed by atoms with Crippen molar-refractivity contribution >= 4 is 5.97 Å². The zero-order valence-corrected chi connectivity index (χ0v) is 5.31. The fraction of sp³-hybridized carbons (Fsp3) is 0.167. The maximum Gasteiger partial charge on any atom is 0.308 e. The van der Waals surface area contributed by atoms with Crippen LogP contribution in [0.3, 0.4) is 0 Å². The number of rotatable bonds is 2. The summed E-state index contributed by atoms with van der Waals surface area (Å²) in [4.78, 5) is 10.2. The second kappa shape index (κ2) is 2.91. The van der Waals surface area contributed by atoms with Crippen molar-refractivity contribution in [3.8, 4) is 0 Å². The molecule has 0 aromatic rings. The maximum atomic E-state index is 10.2. The first kappa shape index (κ1) is 7.75. The summed E-state index contributed by atoms with van der Waals surface area (Å²) in [5, 5.41) is 0. The van der Waals surface area contributed by atoms with Gasteiger partial charge in [-0.25, -0.2) is 0 Å². The third-order valence-electron chi connectivity index (χ3n) is 0.625. The smallest absolute Gasteiger partial charge is 0.308 e. The summed E-state index contributed by atoms with van der Waals surface area (Å²) in [5.74, 6) is -0.325. The van der Waals surface area contributed by atoms with Crippen molar-refractivity contribution in [2.75, 3.05) is 0 Å². The standard InChI is InChI=1S/C6H9NO2/c1-4(7)5(2)9-6(3)8/h1-2,7H2,3H3. The molecule has 0 unspecified atom stereocenters. The van der Waals surface area contributed by atoms with Crippen molar-refractivity contribution in [1.29, 1.82) is 0 Å². The molecule has 9 heavy (non-hydrogen) atoms. The van der Waals surface area contributed by atoms with Crippen molar-refractivity contribution in [3.05, 3.63) is 24.6 Å². The van der Waals surface area contributed by atoms with Gasteiger partial charge < -0.3 is 10.5 Å². The van der Waals surface area contributed by atoms with E-state index in [0.29, 0.717) is 0 Å². The first-order valence-electron chi connectivity index (χ1n) is 2.36. The summed E-state index contributed by atoms with van der Waals surface area (Å²) < 4.78 is 4.45. The van der Waals surface area contributed by atoms with Crippen LogP contribution in [-0.2, 0) is 9.53 Å². The minimum absolute atomic E-state index is 0.113. The Bertz CT molecular complexity index is 160. The molecule has 0 saturated carbocycles. The molecule has 3 heteroatoms. The van der Waals surface area contributed by atoms with Gasteiger partial charge in [-0.2, -0.15) is 0 Å². The largest absolute Gasteiger partial charge is 0.425 e. The summed E-state index contributed by atoms with van der Waals surface area (Å²) >= 11 is 0. The molecule has 0 heterocycles. The molecule has 3 nitrogen and oxygen atoms in total. The van der Waals surface area contributed by atoms with E-state index in [4.69, 9.17) is 5.73 Å². The van der Waals surface area contributed by atoms with Crippen LogP contribution in [0, 0.1) is 0 Å². The Morgan fingerprint density at radius 2 is 2.00 bits per heavy atom. The highest BCUT2D eigenvalue weighted by Crippen LogP contribution is 1.98. The lowest BCUT2D eigenvalue weighted by molar-refractivity contribution is -0.136. The van der Waals surface area contributed by atoms with Crippen LogP contribution in [0.15, 0.2) is 24.6 Å². The lowest BCUT2D eigenvalue weighted by atomic mass is 10.4. The van der Waals surface area contributed by atoms with Gasteiger partial charge >= 0.3 is 5.97 Å². The van der Waals surface area contributed by atoms with Crippen LogP contribution in [-0.4, -0.2) is 5.97 Å². The summed E-state index contributed by atoms with van der Waals surface area (Å²) in [7, 11) is 0. The van der Waals surface area contributed by atoms with Gasteiger partial charge in [-0.3, -0.25) is 4.79 Å². The molecule has 0 amide bonds. The summed E-state index contributed by atoms with van der Waals surface area (Å²) in [6.45, 7) is 7.91. The Labute approximate surface area is 53.8 Å². The van der Waals surface area contributed by atoms with Gasteiger partial charge in [0.05, 0.1) is 5.70 Å². The van der Waals surface area contributed by atoms with Crippen LogP contribution in [0.1, 0.15) is 6.92 Å². The molecule has 0 aromatic carbocycles. The van der Waals surface area contributed by atoms with Crippen molar-refractivity contribution < 1.29 is 9.53 Å². The molecule has 0 fully saturated rings. The van der Waals surface area contributed by atoms with Gasteiger partial charge in [0.25, 0.3) is 0 Å². The van der Waals surface area contributed by atoms with E-state index < -0.39 is 5.97 Å². The lowest BCUT2D eigenvalue weighted by Gasteiger charge is -2.01. The third kappa shape index (κ3) is 3.34. The minimum atomic E-state index is -0.438. The maximum absolute atomic E-state index is 10.2. The molecule has 2 N–H and O–H groups in total. The lowest BCUT2D eigenvalue weighted by Crippen LogP contribution is -2.05. The van der Waals surface area contributed by atoms with Crippen LogP contribution in [0.2, 0.25) is 0 Å². The van der Waals surface area contributed by atoms with E-state index in [9.17, 15) is 4.79 Å². The first-order chi connectivity index (χ1) is 4.04. The number of ether oxygens (including phenoxy) is 1. The highest BCUT2D eigenvalue weighted by atomic mass is 16.5. The van der Waals surface area contributed by atoms with Crippen molar-refractivity contribution in [1.82, 2.24) is 0 Å². The number of carbonyl (C=O) groups excluding carboxylic acids is 1. The van der Waals surface area contributed by atoms with Gasteiger partial charge in [0.2, 0.25) is 0 Å². The number of nitrogens with two attached hydrogens (primary N) is 1. The van der Waals surface area contributed by atoms with Crippen LogP contribution < -0.4 is 5.73 Å². The fourth-order valence-electron chi connectivity index (χ4n) is 0.239. The molecule has 0 saturated heterocycles. The zero-order valence-electron chi connectivity index (χ0n) is 5.31. The fourth-order valence-corrected chi connectivity index (χ4v) is 0.239. The Hall–Kier alpha value is -1.25. The minimum Gasteiger partial charge on any atom is -0.425 e. The van der Waals surface area contributed by atoms with Gasteiger partial charge in [-0.1, -0.05) is 13.2 Å². The highest BCUT2D eigenvalue weighted by Gasteiger charge is 1.97. The van der Waals surface area contributed by atoms with E-state index in [1.807, 2.05) is 0 Å². The van der Waals surface area contributed by atoms with E-state index in [1.165, 1.54) is 6.92 Å². The SMILES string of the molecule is C=C(N)C(=C)OC(C)=O. The molecule has 0 aliphatic carbocycles. The van der Waals surface area contributed by atoms with Crippen molar-refractivity contribution in [3.63, 3.8) is 0 Å². The van der Waals surface area contributed by atoms with E-state index in [0.717, 1.165) is 0 Å². The molecule has 0 aliphatic rings. The summed E-state index contributed by atoms with van der Waals surface area (Å²) in [6, 6.07) is 0. The van der Waals surface area contributed by atoms with Crippen LogP contribution >= 0.6 is 0 Å². The van der Waals surface area contributed by atoms with E-state index >= 15 is 0 Å². The highest BCUT2D eigenvalue weighted by molar-refractivity contribution is 5.67. The molecule has 50 valence electrons. The topological polar surface area (TPSA) is 52.3 Å². The molecule has 0 aliphatic heterocycles. The monoisotopic (exact) mass is 127 g/mol. The Morgan fingerprint density at radius 3 is 2.11 bits per heavy atom. The number of carbonyl (C=O) groups is 1. The molecule has 0 aromatic heterocycles. The van der Waals surface area contributed by atoms with E-state index in [2.05, 4.69) is 17.9 Å². The zero-order chi connectivity index (χ0) is 7.44. The predicted molar refractivity (Wildman–Crippen MR) is 34.2 cm³/mol. The van der Waals surface area contributed by atoms with E-state index in [-0.39, 0.29) is 11.5 Å². The average molecular weight is 127 g/mol. The third-order valence-corrected chi connectivity index (χ3v) is 0.625. The molecular weight excluding hydrogens is 118 g/mol. The molecule has 0 atom stereocenters. The van der Waals surface area contributed by atoms with Gasteiger partial charge in [0.15, 0.2) is 0 Å². The predicted octanol–water partition coefficient (Wildman–Crippen LogP) is 0.536. The molecular formula is C6H9NO2. The van der Waals surface area contributed by atoms with Gasteiger partial charge in [-0.15, -0.1) is 0 Å². The second-order valence-electron chi connectivity index (χ2n) is 1.54. The van der Waals surface area contributed by atoms with Gasteiger partial charge in [-0.05, 0) is 0 Å². The van der Waals surface area contributed by atoms with Crippen LogP contribution in [0.5, 0.6) is 0 Å². The molecule has 0 spiro atoms. The number of esters is 1. The molecule has 0 bridgehead atoms. The molecule has 0 radical (unpaired) electrons. The van der Waals surface area contributed by atoms with Crippen LogP contribution in [0.4, 0.5) is 0 Å². The second-order valence-corrected chi connectivity index (χ2v) is 1.54. The summed E-state index contributed by atoms with van der Waals surface area (Å²) in [5.41, 5.74) is 5.28. The van der Waals surface area contributed by atoms with Crippen LogP contribution in [0.25, 0.3) is 0 Å². The van der Waals surface area contributed by atoms with Crippen molar-refractivity contribution in [2.24, 2.45) is 5.73 Å².